The van der Waals surface area contributed by atoms with Crippen LogP contribution < -0.4 is 14.9 Å². The molecule has 0 aliphatic heterocycles. The number of nitrogens with zero attached hydrogens (tertiary/aromatic N) is 3. The standard InChI is InChI=1S/C26H19BrN4O3/c27-22-13-18(9-11-24(22)33-16-21-7-2-1-6-20(21)14-28)15-29-31-25(32)17-34-26-12-10-19-5-3-4-8-23(19)30-26/h1-13,15H,16-17H2,(H,31,32)/b29-15+. The smallest absolute Gasteiger partial charge is 0.278 e. The van der Waals surface area contributed by atoms with Crippen molar-refractivity contribution in [3.05, 3.63) is 100 Å². The number of rotatable bonds is 8. The van der Waals surface area contributed by atoms with Crippen LogP contribution in [0.4, 0.5) is 0 Å². The number of hydrogen-bond donors (Lipinski definition) is 1. The number of para-hydroxylation sites is 1. The summed E-state index contributed by atoms with van der Waals surface area (Å²) in [5.41, 5.74) is 5.38. The molecule has 34 heavy (non-hydrogen) atoms. The first-order valence-corrected chi connectivity index (χ1v) is 11.1. The number of carbonyl (C=O) groups is 1. The number of nitriles is 1. The molecule has 1 amide bonds. The summed E-state index contributed by atoms with van der Waals surface area (Å²) < 4.78 is 12.0. The van der Waals surface area contributed by atoms with Gasteiger partial charge in [-0.3, -0.25) is 4.79 Å². The average molecular weight is 515 g/mol. The van der Waals surface area contributed by atoms with Crippen molar-refractivity contribution < 1.29 is 14.3 Å². The van der Waals surface area contributed by atoms with E-state index in [2.05, 4.69) is 37.5 Å². The summed E-state index contributed by atoms with van der Waals surface area (Å²) in [6, 6.07) is 26.1. The Morgan fingerprint density at radius 1 is 1.06 bits per heavy atom. The zero-order valence-corrected chi connectivity index (χ0v) is 19.5. The summed E-state index contributed by atoms with van der Waals surface area (Å²) in [5, 5.41) is 14.2. The molecule has 0 spiro atoms. The Morgan fingerprint density at radius 2 is 1.88 bits per heavy atom. The Morgan fingerprint density at radius 3 is 2.74 bits per heavy atom. The number of aromatic nitrogens is 1. The number of benzene rings is 3. The zero-order chi connectivity index (χ0) is 23.8. The fourth-order valence-corrected chi connectivity index (χ4v) is 3.61. The number of halogens is 1. The highest BCUT2D eigenvalue weighted by Crippen LogP contribution is 2.26. The Balaban J connectivity index is 1.28. The lowest BCUT2D eigenvalue weighted by atomic mass is 10.1. The number of hydrogen-bond acceptors (Lipinski definition) is 6. The van der Waals surface area contributed by atoms with Gasteiger partial charge in [0.05, 0.1) is 27.8 Å². The van der Waals surface area contributed by atoms with Crippen LogP contribution in [0.25, 0.3) is 10.9 Å². The van der Waals surface area contributed by atoms with Crippen LogP contribution in [0.15, 0.2) is 88.4 Å². The molecule has 4 rings (SSSR count). The predicted octanol–water partition coefficient (Wildman–Crippen LogP) is 4.98. The molecule has 1 N–H and O–H groups in total. The minimum absolute atomic E-state index is 0.205. The number of fused-ring (bicyclic) bond motifs is 1. The predicted molar refractivity (Wildman–Crippen MR) is 133 cm³/mol. The summed E-state index contributed by atoms with van der Waals surface area (Å²) in [4.78, 5) is 16.4. The molecule has 0 saturated carbocycles. The quantitative estimate of drug-likeness (QED) is 0.264. The normalized spacial score (nSPS) is 10.7. The molecule has 7 nitrogen and oxygen atoms in total. The van der Waals surface area contributed by atoms with Gasteiger partial charge in [0.25, 0.3) is 5.91 Å². The maximum atomic E-state index is 12.0. The van der Waals surface area contributed by atoms with Crippen molar-refractivity contribution in [1.82, 2.24) is 10.4 Å². The molecule has 1 heterocycles. The van der Waals surface area contributed by atoms with Crippen molar-refractivity contribution in [2.24, 2.45) is 5.10 Å². The fraction of sp³-hybridized carbons (Fsp3) is 0.0769. The summed E-state index contributed by atoms with van der Waals surface area (Å²) >= 11 is 3.48. The lowest BCUT2D eigenvalue weighted by Gasteiger charge is -2.10. The van der Waals surface area contributed by atoms with Gasteiger partial charge < -0.3 is 9.47 Å². The number of carbonyl (C=O) groups excluding carboxylic acids is 1. The number of amides is 1. The number of pyridine rings is 1. The number of hydrazone groups is 1. The van der Waals surface area contributed by atoms with Crippen LogP contribution in [0.3, 0.4) is 0 Å². The van der Waals surface area contributed by atoms with E-state index in [-0.39, 0.29) is 13.2 Å². The Labute approximate surface area is 204 Å². The molecule has 1 aromatic heterocycles. The highest BCUT2D eigenvalue weighted by Gasteiger charge is 2.06. The van der Waals surface area contributed by atoms with E-state index in [0.717, 1.165) is 26.5 Å². The lowest BCUT2D eigenvalue weighted by molar-refractivity contribution is -0.123. The summed E-state index contributed by atoms with van der Waals surface area (Å²) in [7, 11) is 0. The second-order valence-corrected chi connectivity index (χ2v) is 8.03. The molecule has 0 fully saturated rings. The van der Waals surface area contributed by atoms with E-state index in [1.165, 1.54) is 6.21 Å². The third-order valence-corrected chi connectivity index (χ3v) is 5.42. The van der Waals surface area contributed by atoms with E-state index in [1.807, 2.05) is 54.6 Å². The van der Waals surface area contributed by atoms with Crippen LogP contribution in [-0.2, 0) is 11.4 Å². The summed E-state index contributed by atoms with van der Waals surface area (Å²) in [5.74, 6) is 0.598. The van der Waals surface area contributed by atoms with Gasteiger partial charge in [0.2, 0.25) is 5.88 Å². The van der Waals surface area contributed by atoms with Crippen LogP contribution in [0.5, 0.6) is 11.6 Å². The molecule has 0 radical (unpaired) electrons. The van der Waals surface area contributed by atoms with Crippen molar-refractivity contribution in [2.75, 3.05) is 6.61 Å². The minimum atomic E-state index is -0.401. The molecule has 3 aromatic carbocycles. The third kappa shape index (κ3) is 5.97. The summed E-state index contributed by atoms with van der Waals surface area (Å²) in [6.45, 7) is 0.0707. The first kappa shape index (κ1) is 23.0. The van der Waals surface area contributed by atoms with Crippen LogP contribution in [-0.4, -0.2) is 23.7 Å². The molecule has 0 aliphatic rings. The van der Waals surface area contributed by atoms with Gasteiger partial charge in [-0.25, -0.2) is 10.4 Å². The van der Waals surface area contributed by atoms with Crippen molar-refractivity contribution in [3.63, 3.8) is 0 Å². The molecular formula is C26H19BrN4O3. The number of nitrogens with one attached hydrogen (secondary N) is 1. The summed E-state index contributed by atoms with van der Waals surface area (Å²) in [6.07, 6.45) is 1.52. The molecule has 8 heteroatoms. The van der Waals surface area contributed by atoms with Crippen molar-refractivity contribution >= 4 is 39.0 Å². The highest BCUT2D eigenvalue weighted by molar-refractivity contribution is 9.10. The zero-order valence-electron chi connectivity index (χ0n) is 17.9. The molecular weight excluding hydrogens is 496 g/mol. The Hall–Kier alpha value is -4.22. The molecule has 0 unspecified atom stereocenters. The van der Waals surface area contributed by atoms with Gasteiger partial charge in [0, 0.05) is 17.0 Å². The SMILES string of the molecule is N#Cc1ccccc1COc1ccc(/C=N/NC(=O)COc2ccc3ccccc3n2)cc1Br. The monoisotopic (exact) mass is 514 g/mol. The van der Waals surface area contributed by atoms with E-state index in [9.17, 15) is 10.1 Å². The molecule has 0 aliphatic carbocycles. The average Bonchev–Trinajstić information content (AvgIpc) is 2.87. The van der Waals surface area contributed by atoms with Crippen molar-refractivity contribution in [1.29, 1.82) is 5.26 Å². The van der Waals surface area contributed by atoms with Crippen LogP contribution in [0, 0.1) is 11.3 Å². The van der Waals surface area contributed by atoms with Gasteiger partial charge in [0.1, 0.15) is 12.4 Å². The van der Waals surface area contributed by atoms with Crippen LogP contribution >= 0.6 is 15.9 Å². The van der Waals surface area contributed by atoms with E-state index >= 15 is 0 Å². The van der Waals surface area contributed by atoms with E-state index in [4.69, 9.17) is 9.47 Å². The molecule has 0 saturated heterocycles. The van der Waals surface area contributed by atoms with Gasteiger partial charge in [-0.15, -0.1) is 0 Å². The fourth-order valence-electron chi connectivity index (χ4n) is 3.10. The lowest BCUT2D eigenvalue weighted by Crippen LogP contribution is -2.24. The van der Waals surface area contributed by atoms with Crippen molar-refractivity contribution in [2.45, 2.75) is 6.61 Å². The second kappa shape index (κ2) is 11.1. The minimum Gasteiger partial charge on any atom is -0.488 e. The van der Waals surface area contributed by atoms with Gasteiger partial charge in [-0.05, 0) is 57.9 Å². The van der Waals surface area contributed by atoms with Crippen LogP contribution in [0.2, 0.25) is 0 Å². The van der Waals surface area contributed by atoms with Gasteiger partial charge in [0.15, 0.2) is 6.61 Å². The van der Waals surface area contributed by atoms with E-state index in [0.29, 0.717) is 17.2 Å². The molecule has 0 bridgehead atoms. The Bertz CT molecular complexity index is 1400. The third-order valence-electron chi connectivity index (χ3n) is 4.80. The molecule has 0 atom stereocenters. The van der Waals surface area contributed by atoms with Gasteiger partial charge in [-0.1, -0.05) is 36.4 Å². The Kier molecular flexibility index (Phi) is 7.48. The first-order chi connectivity index (χ1) is 16.6. The van der Waals surface area contributed by atoms with E-state index < -0.39 is 5.91 Å². The molecule has 168 valence electrons. The van der Waals surface area contributed by atoms with Gasteiger partial charge in [-0.2, -0.15) is 10.4 Å². The maximum absolute atomic E-state index is 12.0. The van der Waals surface area contributed by atoms with E-state index in [1.54, 1.807) is 24.3 Å². The van der Waals surface area contributed by atoms with Crippen LogP contribution in [0.1, 0.15) is 16.7 Å². The topological polar surface area (TPSA) is 96.6 Å². The second-order valence-electron chi connectivity index (χ2n) is 7.17. The van der Waals surface area contributed by atoms with Gasteiger partial charge >= 0.3 is 0 Å². The highest BCUT2D eigenvalue weighted by atomic mass is 79.9. The largest absolute Gasteiger partial charge is 0.488 e. The van der Waals surface area contributed by atoms with Crippen molar-refractivity contribution in [3.8, 4) is 17.7 Å². The first-order valence-electron chi connectivity index (χ1n) is 10.3. The maximum Gasteiger partial charge on any atom is 0.278 e. The molecule has 4 aromatic rings. The number of ether oxygens (including phenoxy) is 2.